The van der Waals surface area contributed by atoms with Gasteiger partial charge in [-0.3, -0.25) is 4.90 Å². The van der Waals surface area contributed by atoms with E-state index in [-0.39, 0.29) is 0 Å². The third-order valence-corrected chi connectivity index (χ3v) is 4.88. The van der Waals surface area contributed by atoms with Crippen molar-refractivity contribution in [2.75, 3.05) is 19.6 Å². The molecule has 1 N–H and O–H groups in total. The number of terminal acetylenes is 1. The van der Waals surface area contributed by atoms with Gasteiger partial charge in [0.25, 0.3) is 0 Å². The minimum Gasteiger partial charge on any atom is -0.312 e. The topological polar surface area (TPSA) is 15.3 Å². The van der Waals surface area contributed by atoms with Gasteiger partial charge >= 0.3 is 0 Å². The van der Waals surface area contributed by atoms with Crippen molar-refractivity contribution in [3.63, 3.8) is 0 Å². The molecule has 1 aliphatic carbocycles. The Bertz CT molecular complexity index is 280. The number of hydrogen-bond donors (Lipinski definition) is 1. The van der Waals surface area contributed by atoms with Gasteiger partial charge in [-0.1, -0.05) is 26.2 Å². The summed E-state index contributed by atoms with van der Waals surface area (Å²) in [5.41, 5.74) is 0.364. The maximum atomic E-state index is 5.61. The second-order valence-corrected chi connectivity index (χ2v) is 5.88. The maximum absolute atomic E-state index is 5.61. The summed E-state index contributed by atoms with van der Waals surface area (Å²) >= 11 is 0. The number of nitrogens with zero attached hydrogens (tertiary/aromatic N) is 1. The van der Waals surface area contributed by atoms with E-state index in [2.05, 4.69) is 23.1 Å². The Morgan fingerprint density at radius 1 is 1.17 bits per heavy atom. The molecule has 0 bridgehead atoms. The third kappa shape index (κ3) is 2.73. The second-order valence-electron chi connectivity index (χ2n) is 5.88. The van der Waals surface area contributed by atoms with Crippen molar-refractivity contribution in [2.24, 2.45) is 0 Å². The Morgan fingerprint density at radius 3 is 2.39 bits per heavy atom. The molecular formula is C16H28N2. The van der Waals surface area contributed by atoms with E-state index < -0.39 is 0 Å². The van der Waals surface area contributed by atoms with Crippen LogP contribution in [0.2, 0.25) is 0 Å². The van der Waals surface area contributed by atoms with Crippen molar-refractivity contribution in [2.45, 2.75) is 69.9 Å². The zero-order valence-electron chi connectivity index (χ0n) is 11.9. The molecule has 1 heterocycles. The van der Waals surface area contributed by atoms with Crippen LogP contribution in [0.25, 0.3) is 0 Å². The first-order chi connectivity index (χ1) is 8.83. The van der Waals surface area contributed by atoms with Crippen LogP contribution in [0.1, 0.15) is 58.3 Å². The van der Waals surface area contributed by atoms with Crippen LogP contribution in [0.3, 0.4) is 0 Å². The first kappa shape index (κ1) is 13.9. The average Bonchev–Trinajstić information content (AvgIpc) is 2.90. The summed E-state index contributed by atoms with van der Waals surface area (Å²) in [6.07, 6.45) is 16.1. The SMILES string of the molecule is C#CCC(NCC)C1(N2CCCCC2)CCCC1. The third-order valence-electron chi connectivity index (χ3n) is 4.88. The van der Waals surface area contributed by atoms with Crippen molar-refractivity contribution in [1.82, 2.24) is 10.2 Å². The van der Waals surface area contributed by atoms with Gasteiger partial charge in [0.1, 0.15) is 0 Å². The summed E-state index contributed by atoms with van der Waals surface area (Å²) in [5.74, 6) is 2.90. The van der Waals surface area contributed by atoms with Crippen molar-refractivity contribution in [3.05, 3.63) is 0 Å². The molecule has 0 aromatic carbocycles. The van der Waals surface area contributed by atoms with Gasteiger partial charge in [0.15, 0.2) is 0 Å². The van der Waals surface area contributed by atoms with Crippen molar-refractivity contribution < 1.29 is 0 Å². The van der Waals surface area contributed by atoms with Gasteiger partial charge < -0.3 is 5.32 Å². The molecule has 2 nitrogen and oxygen atoms in total. The van der Waals surface area contributed by atoms with E-state index >= 15 is 0 Å². The molecule has 1 saturated carbocycles. The van der Waals surface area contributed by atoms with E-state index in [0.717, 1.165) is 13.0 Å². The Hall–Kier alpha value is -0.520. The monoisotopic (exact) mass is 248 g/mol. The number of nitrogens with one attached hydrogen (secondary N) is 1. The van der Waals surface area contributed by atoms with Gasteiger partial charge in [0, 0.05) is 18.0 Å². The van der Waals surface area contributed by atoms with Gasteiger partial charge in [-0.25, -0.2) is 0 Å². The molecule has 0 aromatic heterocycles. The lowest BCUT2D eigenvalue weighted by molar-refractivity contribution is 0.0385. The van der Waals surface area contributed by atoms with Crippen molar-refractivity contribution in [3.8, 4) is 12.3 Å². The summed E-state index contributed by atoms with van der Waals surface area (Å²) in [5, 5.41) is 3.68. The van der Waals surface area contributed by atoms with Crippen LogP contribution in [0.4, 0.5) is 0 Å². The van der Waals surface area contributed by atoms with Crippen LogP contribution in [0.5, 0.6) is 0 Å². The molecule has 0 aromatic rings. The fourth-order valence-corrected chi connectivity index (χ4v) is 4.03. The standard InChI is InChI=1S/C16H28N2/c1-3-10-15(17-4-2)16(11-6-7-12-16)18-13-8-5-9-14-18/h1,15,17H,4-14H2,2H3. The second kappa shape index (κ2) is 6.59. The van der Waals surface area contributed by atoms with Gasteiger partial charge in [-0.15, -0.1) is 12.3 Å². The van der Waals surface area contributed by atoms with Crippen LogP contribution in [-0.4, -0.2) is 36.1 Å². The zero-order valence-corrected chi connectivity index (χ0v) is 11.9. The molecule has 0 spiro atoms. The number of likely N-dealkylation sites (N-methyl/N-ethyl adjacent to an activating group) is 1. The molecule has 2 heteroatoms. The quantitative estimate of drug-likeness (QED) is 0.753. The molecule has 0 amide bonds. The molecule has 1 aliphatic heterocycles. The Kier molecular flexibility index (Phi) is 5.09. The molecule has 2 aliphatic rings. The molecule has 2 fully saturated rings. The fraction of sp³-hybridized carbons (Fsp3) is 0.875. The highest BCUT2D eigenvalue weighted by Crippen LogP contribution is 2.40. The highest BCUT2D eigenvalue weighted by molar-refractivity contribution is 5.08. The normalized spacial score (nSPS) is 25.8. The maximum Gasteiger partial charge on any atom is 0.0371 e. The van der Waals surface area contributed by atoms with Gasteiger partial charge in [-0.05, 0) is 45.3 Å². The molecule has 18 heavy (non-hydrogen) atoms. The molecule has 1 saturated heterocycles. The Morgan fingerprint density at radius 2 is 1.83 bits per heavy atom. The number of likely N-dealkylation sites (tertiary alicyclic amines) is 1. The van der Waals surface area contributed by atoms with Gasteiger partial charge in [0.05, 0.1) is 0 Å². The summed E-state index contributed by atoms with van der Waals surface area (Å²) in [6.45, 7) is 5.79. The highest BCUT2D eigenvalue weighted by atomic mass is 15.2. The van der Waals surface area contributed by atoms with Crippen molar-refractivity contribution >= 4 is 0 Å². The Labute approximate surface area is 113 Å². The number of piperidine rings is 1. The minimum atomic E-state index is 0.364. The molecule has 1 atom stereocenters. The first-order valence-electron chi connectivity index (χ1n) is 7.75. The molecule has 0 radical (unpaired) electrons. The molecule has 2 rings (SSSR count). The lowest BCUT2D eigenvalue weighted by atomic mass is 9.82. The van der Waals surface area contributed by atoms with Gasteiger partial charge in [0.2, 0.25) is 0 Å². The van der Waals surface area contributed by atoms with E-state index in [1.807, 2.05) is 0 Å². The van der Waals surface area contributed by atoms with Crippen LogP contribution < -0.4 is 5.32 Å². The van der Waals surface area contributed by atoms with Crippen LogP contribution >= 0.6 is 0 Å². The minimum absolute atomic E-state index is 0.364. The van der Waals surface area contributed by atoms with Crippen molar-refractivity contribution in [1.29, 1.82) is 0 Å². The van der Waals surface area contributed by atoms with E-state index in [9.17, 15) is 0 Å². The smallest absolute Gasteiger partial charge is 0.0371 e. The van der Waals surface area contributed by atoms with Gasteiger partial charge in [-0.2, -0.15) is 0 Å². The van der Waals surface area contributed by atoms with E-state index in [0.29, 0.717) is 11.6 Å². The highest BCUT2D eigenvalue weighted by Gasteiger charge is 2.45. The summed E-state index contributed by atoms with van der Waals surface area (Å²) in [6, 6.07) is 0.494. The largest absolute Gasteiger partial charge is 0.312 e. The summed E-state index contributed by atoms with van der Waals surface area (Å²) < 4.78 is 0. The molecule has 102 valence electrons. The van der Waals surface area contributed by atoms with E-state index in [1.54, 1.807) is 0 Å². The molecular weight excluding hydrogens is 220 g/mol. The summed E-state index contributed by atoms with van der Waals surface area (Å²) in [4.78, 5) is 2.77. The lowest BCUT2D eigenvalue weighted by Crippen LogP contribution is -2.61. The predicted octanol–water partition coefficient (Wildman–Crippen LogP) is 2.79. The van der Waals surface area contributed by atoms with Crippen LogP contribution in [-0.2, 0) is 0 Å². The first-order valence-corrected chi connectivity index (χ1v) is 7.75. The van der Waals surface area contributed by atoms with Crippen LogP contribution in [0, 0.1) is 12.3 Å². The number of hydrogen-bond acceptors (Lipinski definition) is 2. The van der Waals surface area contributed by atoms with Crippen LogP contribution in [0.15, 0.2) is 0 Å². The van der Waals surface area contributed by atoms with E-state index in [4.69, 9.17) is 6.42 Å². The lowest BCUT2D eigenvalue weighted by Gasteiger charge is -2.48. The predicted molar refractivity (Wildman–Crippen MR) is 77.5 cm³/mol. The number of rotatable bonds is 5. The summed E-state index contributed by atoms with van der Waals surface area (Å²) in [7, 11) is 0. The Balaban J connectivity index is 2.15. The van der Waals surface area contributed by atoms with E-state index in [1.165, 1.54) is 58.0 Å². The zero-order chi connectivity index (χ0) is 12.8. The fourth-order valence-electron chi connectivity index (χ4n) is 4.03. The average molecular weight is 248 g/mol. The molecule has 1 unspecified atom stereocenters.